The Morgan fingerprint density at radius 1 is 0.925 bits per heavy atom. The number of aliphatic hydroxyl groups excluding tert-OH is 1. The van der Waals surface area contributed by atoms with Crippen LogP contribution < -0.4 is 20.2 Å². The first-order chi connectivity index (χ1) is 19.7. The predicted octanol–water partition coefficient (Wildman–Crippen LogP) is 4.63. The van der Waals surface area contributed by atoms with Crippen LogP contribution in [0.15, 0.2) is 96.1 Å². The van der Waals surface area contributed by atoms with Crippen LogP contribution in [-0.4, -0.2) is 55.3 Å². The Balaban J connectivity index is 1.13. The molecule has 40 heavy (non-hydrogen) atoms. The van der Waals surface area contributed by atoms with E-state index in [1.807, 2.05) is 48.5 Å². The number of amidine groups is 1. The zero-order valence-electron chi connectivity index (χ0n) is 22.8. The van der Waals surface area contributed by atoms with Gasteiger partial charge >= 0.3 is 0 Å². The molecule has 1 saturated heterocycles. The first-order valence-electron chi connectivity index (χ1n) is 13.9. The number of para-hydroxylation sites is 1. The summed E-state index contributed by atoms with van der Waals surface area (Å²) < 4.78 is 11.6. The van der Waals surface area contributed by atoms with Crippen molar-refractivity contribution in [1.82, 2.24) is 15.6 Å². The molecule has 0 saturated carbocycles. The van der Waals surface area contributed by atoms with Gasteiger partial charge in [-0.1, -0.05) is 60.7 Å². The molecule has 0 spiro atoms. The number of hydrazone groups is 1. The predicted molar refractivity (Wildman–Crippen MR) is 159 cm³/mol. The summed E-state index contributed by atoms with van der Waals surface area (Å²) in [5.41, 5.74) is 5.57. The van der Waals surface area contributed by atoms with Crippen molar-refractivity contribution in [2.45, 2.75) is 31.0 Å². The first kappa shape index (κ1) is 26.2. The van der Waals surface area contributed by atoms with Crippen LogP contribution in [0.3, 0.4) is 0 Å². The molecule has 1 fully saturated rings. The number of ether oxygens (including phenoxy) is 2. The van der Waals surface area contributed by atoms with Crippen molar-refractivity contribution in [1.29, 1.82) is 0 Å². The average molecular weight is 537 g/mol. The summed E-state index contributed by atoms with van der Waals surface area (Å²) >= 11 is 0. The van der Waals surface area contributed by atoms with Crippen molar-refractivity contribution >= 4 is 16.6 Å². The summed E-state index contributed by atoms with van der Waals surface area (Å²) in [4.78, 5) is 2.53. The number of nitrogens with zero attached hydrogens (tertiary/aromatic N) is 2. The number of methoxy groups -OCH3 is 1. The molecule has 2 aliphatic heterocycles. The highest BCUT2D eigenvalue weighted by Crippen LogP contribution is 2.32. The first-order valence-corrected chi connectivity index (χ1v) is 13.9. The monoisotopic (exact) mass is 536 g/mol. The fourth-order valence-electron chi connectivity index (χ4n) is 5.68. The molecule has 4 aromatic rings. The second kappa shape index (κ2) is 11.6. The van der Waals surface area contributed by atoms with Gasteiger partial charge in [0.25, 0.3) is 0 Å². The lowest BCUT2D eigenvalue weighted by Gasteiger charge is -2.39. The standard InChI is InChI=1S/C33H36N4O3/c1-39-29-13-14-31-30(20-29)32(35-36-33(31,22-38)23-40-28-9-3-2-4-10-28)34-27-15-17-37(18-16-27)21-24-11-12-25-7-5-6-8-26(25)19-24/h2-14,19-20,27,36,38H,15-18,21-23H2,1H3,(H,34,35). The highest BCUT2D eigenvalue weighted by atomic mass is 16.5. The van der Waals surface area contributed by atoms with E-state index in [2.05, 4.69) is 58.1 Å². The molecule has 2 heterocycles. The topological polar surface area (TPSA) is 78.4 Å². The molecule has 0 amide bonds. The molecular weight excluding hydrogens is 500 g/mol. The number of rotatable bonds is 8. The smallest absolute Gasteiger partial charge is 0.153 e. The van der Waals surface area contributed by atoms with Crippen LogP contribution >= 0.6 is 0 Å². The highest BCUT2D eigenvalue weighted by Gasteiger charge is 2.39. The maximum Gasteiger partial charge on any atom is 0.153 e. The molecule has 4 aromatic carbocycles. The molecule has 7 heteroatoms. The van der Waals surface area contributed by atoms with Crippen LogP contribution in [0.25, 0.3) is 10.8 Å². The van der Waals surface area contributed by atoms with Crippen LogP contribution in [0, 0.1) is 0 Å². The minimum absolute atomic E-state index is 0.164. The van der Waals surface area contributed by atoms with Gasteiger partial charge in [0.15, 0.2) is 5.84 Å². The van der Waals surface area contributed by atoms with E-state index in [0.29, 0.717) is 6.04 Å². The van der Waals surface area contributed by atoms with Gasteiger partial charge in [0.1, 0.15) is 23.6 Å². The van der Waals surface area contributed by atoms with Crippen LogP contribution in [-0.2, 0) is 12.1 Å². The third kappa shape index (κ3) is 5.48. The van der Waals surface area contributed by atoms with E-state index in [1.165, 1.54) is 16.3 Å². The third-order valence-corrected chi connectivity index (χ3v) is 8.03. The minimum atomic E-state index is -0.869. The Hall–Kier alpha value is -4.07. The average Bonchev–Trinajstić information content (AvgIpc) is 3.02. The fourth-order valence-corrected chi connectivity index (χ4v) is 5.68. The van der Waals surface area contributed by atoms with Crippen LogP contribution in [0.4, 0.5) is 0 Å². The molecule has 0 aromatic heterocycles. The number of likely N-dealkylation sites (tertiary alicyclic amines) is 1. The molecule has 7 nitrogen and oxygen atoms in total. The molecule has 0 bridgehead atoms. The quantitative estimate of drug-likeness (QED) is 0.305. The molecule has 1 unspecified atom stereocenters. The molecule has 0 aliphatic carbocycles. The molecular formula is C33H36N4O3. The Kier molecular flexibility index (Phi) is 7.58. The van der Waals surface area contributed by atoms with Crippen LogP contribution in [0.5, 0.6) is 11.5 Å². The van der Waals surface area contributed by atoms with Crippen molar-refractivity contribution in [3.8, 4) is 11.5 Å². The molecule has 6 rings (SSSR count). The highest BCUT2D eigenvalue weighted by molar-refractivity contribution is 6.01. The van der Waals surface area contributed by atoms with Crippen molar-refractivity contribution in [3.05, 3.63) is 108 Å². The van der Waals surface area contributed by atoms with Gasteiger partial charge in [-0.15, -0.1) is 0 Å². The molecule has 2 aliphatic rings. The number of hydrogen-bond donors (Lipinski definition) is 3. The van der Waals surface area contributed by atoms with Crippen molar-refractivity contribution in [2.75, 3.05) is 33.4 Å². The number of hydrogen-bond acceptors (Lipinski definition) is 7. The number of aliphatic hydroxyl groups is 1. The number of benzene rings is 4. The van der Waals surface area contributed by atoms with Gasteiger partial charge in [-0.05, 0) is 65.1 Å². The van der Waals surface area contributed by atoms with Gasteiger partial charge in [0, 0.05) is 31.2 Å². The van der Waals surface area contributed by atoms with Gasteiger partial charge in [-0.25, -0.2) is 0 Å². The molecule has 3 N–H and O–H groups in total. The van der Waals surface area contributed by atoms with Gasteiger partial charge < -0.3 is 19.9 Å². The van der Waals surface area contributed by atoms with E-state index < -0.39 is 5.54 Å². The van der Waals surface area contributed by atoms with Crippen molar-refractivity contribution in [2.24, 2.45) is 5.10 Å². The second-order valence-corrected chi connectivity index (χ2v) is 10.7. The number of fused-ring (bicyclic) bond motifs is 2. The molecule has 1 atom stereocenters. The minimum Gasteiger partial charge on any atom is -0.497 e. The lowest BCUT2D eigenvalue weighted by atomic mass is 9.86. The van der Waals surface area contributed by atoms with Gasteiger partial charge in [0.05, 0.1) is 13.7 Å². The van der Waals surface area contributed by atoms with Gasteiger partial charge in [0.2, 0.25) is 0 Å². The van der Waals surface area contributed by atoms with E-state index in [9.17, 15) is 5.11 Å². The van der Waals surface area contributed by atoms with E-state index in [-0.39, 0.29) is 13.2 Å². The maximum atomic E-state index is 10.5. The number of piperidine rings is 1. The SMILES string of the molecule is COc1ccc2c(c1)C(NC1CCN(Cc3ccc4ccccc4c3)CC1)=NNC2(CO)COc1ccccc1. The summed E-state index contributed by atoms with van der Waals surface area (Å²) in [6.07, 6.45) is 2.04. The molecule has 206 valence electrons. The second-order valence-electron chi connectivity index (χ2n) is 10.7. The van der Waals surface area contributed by atoms with E-state index in [0.717, 1.165) is 60.9 Å². The maximum absolute atomic E-state index is 10.5. The summed E-state index contributed by atoms with van der Waals surface area (Å²) in [6, 6.07) is 31.1. The Morgan fingerprint density at radius 3 is 2.48 bits per heavy atom. The number of nitrogens with one attached hydrogen (secondary N) is 2. The fraction of sp³-hybridized carbons (Fsp3) is 0.303. The Morgan fingerprint density at radius 2 is 1.70 bits per heavy atom. The normalized spacial score (nSPS) is 19.4. The van der Waals surface area contributed by atoms with Crippen LogP contribution in [0.1, 0.15) is 29.5 Å². The summed E-state index contributed by atoms with van der Waals surface area (Å²) in [5.74, 6) is 2.26. The zero-order valence-corrected chi connectivity index (χ0v) is 22.8. The van der Waals surface area contributed by atoms with Crippen molar-refractivity contribution < 1.29 is 14.6 Å². The van der Waals surface area contributed by atoms with E-state index in [1.54, 1.807) is 7.11 Å². The van der Waals surface area contributed by atoms with E-state index >= 15 is 0 Å². The third-order valence-electron chi connectivity index (χ3n) is 8.03. The van der Waals surface area contributed by atoms with Gasteiger partial charge in [-0.2, -0.15) is 5.10 Å². The van der Waals surface area contributed by atoms with Crippen LogP contribution in [0.2, 0.25) is 0 Å². The van der Waals surface area contributed by atoms with Gasteiger partial charge in [-0.3, -0.25) is 10.3 Å². The Labute approximate surface area is 235 Å². The van der Waals surface area contributed by atoms with E-state index in [4.69, 9.17) is 14.6 Å². The summed E-state index contributed by atoms with van der Waals surface area (Å²) in [7, 11) is 1.66. The summed E-state index contributed by atoms with van der Waals surface area (Å²) in [5, 5.41) is 21.5. The zero-order chi connectivity index (χ0) is 27.4. The summed E-state index contributed by atoms with van der Waals surface area (Å²) in [6.45, 7) is 3.06. The van der Waals surface area contributed by atoms with Crippen molar-refractivity contribution in [3.63, 3.8) is 0 Å². The largest absolute Gasteiger partial charge is 0.497 e. The lowest BCUT2D eigenvalue weighted by Crippen LogP contribution is -2.54. The lowest BCUT2D eigenvalue weighted by molar-refractivity contribution is 0.0999. The molecule has 0 radical (unpaired) electrons. The Bertz CT molecular complexity index is 1480.